The van der Waals surface area contributed by atoms with Crippen LogP contribution in [0.1, 0.15) is 126 Å². The highest BCUT2D eigenvalue weighted by atomic mass is 32.3. The lowest BCUT2D eigenvalue weighted by Crippen LogP contribution is -2.43. The Balaban J connectivity index is 1.66. The van der Waals surface area contributed by atoms with Gasteiger partial charge < -0.3 is 0 Å². The van der Waals surface area contributed by atoms with Gasteiger partial charge in [0.25, 0.3) is 5.56 Å². The van der Waals surface area contributed by atoms with Crippen LogP contribution in [-0.2, 0) is 33.3 Å². The molecule has 1 aliphatic heterocycles. The molecule has 1 aromatic heterocycles. The van der Waals surface area contributed by atoms with Crippen molar-refractivity contribution in [3.8, 4) is 0 Å². The van der Waals surface area contributed by atoms with Gasteiger partial charge in [0, 0.05) is 35.9 Å². The van der Waals surface area contributed by atoms with Crippen molar-refractivity contribution in [3.63, 3.8) is 0 Å². The Morgan fingerprint density at radius 2 is 1.25 bits per heavy atom. The Bertz CT molecular complexity index is 1380. The number of rotatable bonds is 12. The maximum absolute atomic E-state index is 13.5. The van der Waals surface area contributed by atoms with Gasteiger partial charge in [-0.25, -0.2) is 8.42 Å². The number of aryl methyl sites for hydroxylation is 1. The second kappa shape index (κ2) is 18.3. The molecular formula is C35H58N2O5S2. The molecule has 7 nitrogen and oxygen atoms in total. The van der Waals surface area contributed by atoms with E-state index in [1.165, 1.54) is 43.1 Å². The van der Waals surface area contributed by atoms with Crippen LogP contribution in [0.3, 0.4) is 0 Å². The molecule has 0 N–H and O–H groups in total. The van der Waals surface area contributed by atoms with Crippen LogP contribution in [0.25, 0.3) is 0 Å². The predicted molar refractivity (Wildman–Crippen MR) is 186 cm³/mol. The molecule has 0 saturated heterocycles. The van der Waals surface area contributed by atoms with Crippen LogP contribution in [0.15, 0.2) is 38.8 Å². The van der Waals surface area contributed by atoms with Crippen LogP contribution in [0.2, 0.25) is 0 Å². The minimum Gasteiger partial charge on any atom is -0.298 e. The summed E-state index contributed by atoms with van der Waals surface area (Å²) in [7, 11) is -5.64. The summed E-state index contributed by atoms with van der Waals surface area (Å²) in [6.45, 7) is 7.17. The Morgan fingerprint density at radius 1 is 0.727 bits per heavy atom. The summed E-state index contributed by atoms with van der Waals surface area (Å²) < 4.78 is 35.7. The fourth-order valence-corrected chi connectivity index (χ4v) is 11.1. The number of hydrogen-bond donors (Lipinski definition) is 0. The van der Waals surface area contributed by atoms with Crippen molar-refractivity contribution in [2.75, 3.05) is 17.8 Å². The van der Waals surface area contributed by atoms with E-state index < -0.39 is 20.4 Å². The number of unbranched alkanes of at least 4 members (excludes halogenated alkanes) is 7. The molecule has 1 aromatic carbocycles. The van der Waals surface area contributed by atoms with Gasteiger partial charge in [0.1, 0.15) is 0 Å². The fourth-order valence-electron chi connectivity index (χ4n) is 6.23. The molecule has 2 bridgehead atoms. The Kier molecular flexibility index (Phi) is 15.3. The summed E-state index contributed by atoms with van der Waals surface area (Å²) in [4.78, 5) is 27.2. The van der Waals surface area contributed by atoms with Crippen LogP contribution in [0.4, 0.5) is 0 Å². The highest BCUT2D eigenvalue weighted by Crippen LogP contribution is 2.50. The van der Waals surface area contributed by atoms with Crippen molar-refractivity contribution in [2.24, 2.45) is 0 Å². The predicted octanol–water partition coefficient (Wildman–Crippen LogP) is 8.20. The SMILES string of the molecule is CCCCCCCCCCc1c(C)n2c(=O)n(c1=O)CCCCCCS(C)(OS(=O)(=O)c1ccc(C)cc1)CCCCCC2. The molecule has 44 heavy (non-hydrogen) atoms. The lowest BCUT2D eigenvalue weighted by molar-refractivity contribution is 0.478. The largest absolute Gasteiger partial charge is 0.331 e. The zero-order valence-electron chi connectivity index (χ0n) is 27.9. The maximum Gasteiger partial charge on any atom is 0.331 e. The fraction of sp³-hybridized carbons (Fsp3) is 0.714. The number of nitrogens with zero attached hydrogens (tertiary/aromatic N) is 2. The van der Waals surface area contributed by atoms with Crippen LogP contribution in [0, 0.1) is 13.8 Å². The summed E-state index contributed by atoms with van der Waals surface area (Å²) in [6.07, 6.45) is 19.6. The Morgan fingerprint density at radius 3 is 1.84 bits per heavy atom. The zero-order chi connectivity index (χ0) is 32.0. The van der Waals surface area contributed by atoms with Gasteiger partial charge in [-0.1, -0.05) is 95.2 Å². The molecule has 1 aliphatic rings. The van der Waals surface area contributed by atoms with Gasteiger partial charge in [-0.3, -0.25) is 13.9 Å². The van der Waals surface area contributed by atoms with E-state index in [1.807, 2.05) is 24.7 Å². The Labute approximate surface area is 268 Å². The molecule has 0 spiro atoms. The second-order valence-corrected chi connectivity index (χ2v) is 18.0. The minimum atomic E-state index is -3.83. The molecule has 3 rings (SSSR count). The van der Waals surface area contributed by atoms with E-state index in [9.17, 15) is 18.0 Å². The van der Waals surface area contributed by atoms with Gasteiger partial charge in [-0.05, 0) is 70.8 Å². The van der Waals surface area contributed by atoms with Gasteiger partial charge in [-0.15, -0.1) is 10.3 Å². The smallest absolute Gasteiger partial charge is 0.298 e. The average molecular weight is 651 g/mol. The molecule has 0 amide bonds. The number of fused-ring (bicyclic) bond motifs is 2. The number of hydrogen-bond acceptors (Lipinski definition) is 5. The molecule has 0 saturated carbocycles. The average Bonchev–Trinajstić information content (AvgIpc) is 2.98. The quantitative estimate of drug-likeness (QED) is 0.216. The molecule has 9 heteroatoms. The molecule has 1 atom stereocenters. The van der Waals surface area contributed by atoms with Crippen molar-refractivity contribution in [2.45, 2.75) is 148 Å². The highest BCUT2D eigenvalue weighted by molar-refractivity contribution is 8.32. The molecule has 2 aromatic rings. The van der Waals surface area contributed by atoms with E-state index in [-0.39, 0.29) is 16.1 Å². The summed E-state index contributed by atoms with van der Waals surface area (Å²) in [5, 5.41) is 0. The topological polar surface area (TPSA) is 87.4 Å². The highest BCUT2D eigenvalue weighted by Gasteiger charge is 2.28. The second-order valence-electron chi connectivity index (χ2n) is 12.9. The van der Waals surface area contributed by atoms with E-state index in [4.69, 9.17) is 3.63 Å². The monoisotopic (exact) mass is 650 g/mol. The van der Waals surface area contributed by atoms with Crippen LogP contribution >= 0.6 is 10.3 Å². The maximum atomic E-state index is 13.5. The summed E-state index contributed by atoms with van der Waals surface area (Å²) in [6, 6.07) is 6.87. The first kappa shape index (κ1) is 36.6. The number of aromatic nitrogens is 2. The number of benzene rings is 1. The lowest BCUT2D eigenvalue weighted by Gasteiger charge is -2.34. The first-order valence-electron chi connectivity index (χ1n) is 17.2. The Hall–Kier alpha value is -1.84. The summed E-state index contributed by atoms with van der Waals surface area (Å²) in [5.41, 5.74) is 2.42. The standard InChI is InChI=1S/C35H58N2O5S2/c1-5-6-7-8-9-10-11-16-21-33-31(3)36-26-17-12-14-19-28-43(4,42-44(40,41)32-24-22-30(2)23-25-32)29-20-15-13-18-27-37(34(33)38)35(36)39/h22-25H,5-21,26-29H2,1-4H3. The van der Waals surface area contributed by atoms with Gasteiger partial charge >= 0.3 is 15.8 Å². The van der Waals surface area contributed by atoms with Gasteiger partial charge in [-0.2, -0.15) is 8.42 Å². The summed E-state index contributed by atoms with van der Waals surface area (Å²) >= 11 is 0. The molecule has 0 aliphatic carbocycles. The molecule has 250 valence electrons. The zero-order valence-corrected chi connectivity index (χ0v) is 29.5. The van der Waals surface area contributed by atoms with Gasteiger partial charge in [0.05, 0.1) is 4.90 Å². The van der Waals surface area contributed by atoms with E-state index in [2.05, 4.69) is 6.92 Å². The molecule has 0 fully saturated rings. The van der Waals surface area contributed by atoms with Crippen LogP contribution < -0.4 is 11.2 Å². The third kappa shape index (κ3) is 11.2. The van der Waals surface area contributed by atoms with Crippen LogP contribution in [-0.4, -0.2) is 35.3 Å². The van der Waals surface area contributed by atoms with Crippen molar-refractivity contribution in [1.82, 2.24) is 9.13 Å². The normalized spacial score (nSPS) is 20.6. The van der Waals surface area contributed by atoms with E-state index in [0.29, 0.717) is 13.1 Å². The van der Waals surface area contributed by atoms with Gasteiger partial charge in [0.15, 0.2) is 0 Å². The molecule has 2 heterocycles. The van der Waals surface area contributed by atoms with Crippen LogP contribution in [0.5, 0.6) is 0 Å². The lowest BCUT2D eigenvalue weighted by atomic mass is 10.0. The van der Waals surface area contributed by atoms with Crippen molar-refractivity contribution < 1.29 is 12.0 Å². The molecule has 1 unspecified atom stereocenters. The van der Waals surface area contributed by atoms with E-state index in [0.717, 1.165) is 99.0 Å². The first-order valence-corrected chi connectivity index (χ1v) is 20.9. The molecule has 0 radical (unpaired) electrons. The third-order valence-electron chi connectivity index (χ3n) is 9.07. The van der Waals surface area contributed by atoms with E-state index in [1.54, 1.807) is 24.3 Å². The van der Waals surface area contributed by atoms with Crippen molar-refractivity contribution in [3.05, 3.63) is 61.9 Å². The summed E-state index contributed by atoms with van der Waals surface area (Å²) in [5.74, 6) is 1.49. The van der Waals surface area contributed by atoms with Crippen molar-refractivity contribution >= 4 is 20.4 Å². The molecular weight excluding hydrogens is 593 g/mol. The van der Waals surface area contributed by atoms with E-state index >= 15 is 0 Å². The third-order valence-corrected chi connectivity index (χ3v) is 14.3. The van der Waals surface area contributed by atoms with Crippen molar-refractivity contribution in [1.29, 1.82) is 0 Å². The minimum absolute atomic E-state index is 0.0976. The van der Waals surface area contributed by atoms with Gasteiger partial charge in [0.2, 0.25) is 0 Å². The first-order chi connectivity index (χ1) is 21.1.